The molecule has 0 fully saturated rings. The molecule has 1 aliphatic rings. The fourth-order valence-corrected chi connectivity index (χ4v) is 1.84. The van der Waals surface area contributed by atoms with Crippen LogP contribution in [0.25, 0.3) is 0 Å². The van der Waals surface area contributed by atoms with Crippen LogP contribution in [0, 0.1) is 6.92 Å². The summed E-state index contributed by atoms with van der Waals surface area (Å²) in [5.74, 6) is 0.708. The Morgan fingerprint density at radius 1 is 1.53 bits per heavy atom. The number of nitrogens with two attached hydrogens (primary N) is 1. The summed E-state index contributed by atoms with van der Waals surface area (Å²) in [5.41, 5.74) is 7.79. The van der Waals surface area contributed by atoms with E-state index < -0.39 is 6.04 Å². The van der Waals surface area contributed by atoms with Gasteiger partial charge in [-0.1, -0.05) is 6.07 Å². The molecule has 0 unspecified atom stereocenters. The van der Waals surface area contributed by atoms with E-state index in [2.05, 4.69) is 4.98 Å². The van der Waals surface area contributed by atoms with Crippen molar-refractivity contribution in [2.45, 2.75) is 25.8 Å². The number of anilines is 1. The van der Waals surface area contributed by atoms with Crippen LogP contribution in [-0.4, -0.2) is 24.0 Å². The fourth-order valence-electron chi connectivity index (χ4n) is 1.84. The van der Waals surface area contributed by atoms with Crippen molar-refractivity contribution in [1.29, 1.82) is 0 Å². The minimum Gasteiger partial charge on any atom is -0.320 e. The van der Waals surface area contributed by atoms with Crippen molar-refractivity contribution < 1.29 is 4.79 Å². The van der Waals surface area contributed by atoms with Crippen LogP contribution in [0.4, 0.5) is 5.82 Å². The molecule has 1 atom stereocenters. The molecule has 0 aromatic carbocycles. The molecule has 0 aliphatic carbocycles. The van der Waals surface area contributed by atoms with Gasteiger partial charge in [0, 0.05) is 12.7 Å². The van der Waals surface area contributed by atoms with E-state index in [-0.39, 0.29) is 5.91 Å². The Bertz CT molecular complexity index is 403. The van der Waals surface area contributed by atoms with Crippen LogP contribution < -0.4 is 10.6 Å². The number of carbonyl (C=O) groups is 1. The number of amides is 1. The third-order valence-electron chi connectivity index (χ3n) is 2.79. The van der Waals surface area contributed by atoms with Crippen LogP contribution in [0.5, 0.6) is 0 Å². The van der Waals surface area contributed by atoms with Crippen molar-refractivity contribution in [3.05, 3.63) is 23.4 Å². The highest BCUT2D eigenvalue weighted by Crippen LogP contribution is 2.23. The van der Waals surface area contributed by atoms with E-state index in [9.17, 15) is 4.79 Å². The second kappa shape index (κ2) is 3.62. The number of nitrogens with zero attached hydrogens (tertiary/aromatic N) is 2. The van der Waals surface area contributed by atoms with Crippen LogP contribution in [-0.2, 0) is 11.2 Å². The summed E-state index contributed by atoms with van der Waals surface area (Å²) < 4.78 is 0. The zero-order valence-electron chi connectivity index (χ0n) is 9.03. The second-order valence-corrected chi connectivity index (χ2v) is 3.98. The molecule has 1 aromatic rings. The van der Waals surface area contributed by atoms with Gasteiger partial charge < -0.3 is 5.73 Å². The first-order chi connectivity index (χ1) is 7.09. The average Bonchev–Trinajstić information content (AvgIpc) is 2.32. The van der Waals surface area contributed by atoms with Gasteiger partial charge >= 0.3 is 0 Å². The highest BCUT2D eigenvalue weighted by molar-refractivity contribution is 5.97. The normalized spacial score (nSPS) is 21.1. The molecule has 2 N–H and O–H groups in total. The number of carbonyl (C=O) groups excluding carboxylic acids is 1. The van der Waals surface area contributed by atoms with Crippen molar-refractivity contribution in [2.24, 2.45) is 5.73 Å². The van der Waals surface area contributed by atoms with E-state index >= 15 is 0 Å². The second-order valence-electron chi connectivity index (χ2n) is 3.98. The van der Waals surface area contributed by atoms with Crippen LogP contribution in [0.1, 0.15) is 17.7 Å². The summed E-state index contributed by atoms with van der Waals surface area (Å²) in [6.07, 6.45) is 1.51. The van der Waals surface area contributed by atoms with E-state index in [1.807, 2.05) is 19.1 Å². The van der Waals surface area contributed by atoms with Crippen LogP contribution in [0.2, 0.25) is 0 Å². The topological polar surface area (TPSA) is 59.2 Å². The third-order valence-corrected chi connectivity index (χ3v) is 2.79. The Morgan fingerprint density at radius 3 is 3.00 bits per heavy atom. The number of rotatable bonds is 0. The van der Waals surface area contributed by atoms with Crippen molar-refractivity contribution in [3.8, 4) is 0 Å². The van der Waals surface area contributed by atoms with Gasteiger partial charge in [0.25, 0.3) is 0 Å². The van der Waals surface area contributed by atoms with Crippen molar-refractivity contribution in [2.75, 3.05) is 11.9 Å². The fraction of sp³-hybridized carbons (Fsp3) is 0.455. The zero-order valence-corrected chi connectivity index (χ0v) is 9.03. The molecule has 4 nitrogen and oxygen atoms in total. The van der Waals surface area contributed by atoms with Gasteiger partial charge in [0.1, 0.15) is 5.82 Å². The van der Waals surface area contributed by atoms with Gasteiger partial charge in [-0.15, -0.1) is 0 Å². The van der Waals surface area contributed by atoms with E-state index in [1.54, 1.807) is 11.9 Å². The lowest BCUT2D eigenvalue weighted by Gasteiger charge is -2.18. The summed E-state index contributed by atoms with van der Waals surface area (Å²) in [7, 11) is 1.73. The largest absolute Gasteiger partial charge is 0.320 e. The molecule has 0 radical (unpaired) electrons. The first kappa shape index (κ1) is 10.1. The molecule has 1 amide bonds. The predicted molar refractivity (Wildman–Crippen MR) is 58.7 cm³/mol. The lowest BCUT2D eigenvalue weighted by Crippen LogP contribution is -2.40. The average molecular weight is 205 g/mol. The molecule has 0 bridgehead atoms. The SMILES string of the molecule is Cc1ccc2c(n1)N(C)C(=O)[C@@H](N)CC2. The Labute approximate surface area is 89.1 Å². The van der Waals surface area contributed by atoms with Crippen molar-refractivity contribution in [3.63, 3.8) is 0 Å². The van der Waals surface area contributed by atoms with Gasteiger partial charge in [-0.25, -0.2) is 4.98 Å². The number of fused-ring (bicyclic) bond motifs is 1. The minimum absolute atomic E-state index is 0.0492. The molecule has 1 aromatic heterocycles. The molecule has 2 heterocycles. The van der Waals surface area contributed by atoms with Crippen LogP contribution in [0.15, 0.2) is 12.1 Å². The standard InChI is InChI=1S/C11H15N3O/c1-7-3-4-8-5-6-9(12)11(15)14(2)10(8)13-7/h3-4,9H,5-6,12H2,1-2H3/t9-/m0/s1. The predicted octanol–water partition coefficient (Wildman–Crippen LogP) is 0.626. The molecule has 80 valence electrons. The molecule has 4 heteroatoms. The monoisotopic (exact) mass is 205 g/mol. The number of aromatic nitrogens is 1. The van der Waals surface area contributed by atoms with Gasteiger partial charge in [0.2, 0.25) is 5.91 Å². The highest BCUT2D eigenvalue weighted by atomic mass is 16.2. The number of hydrogen-bond donors (Lipinski definition) is 1. The molecular formula is C11H15N3O. The zero-order chi connectivity index (χ0) is 11.0. The molecular weight excluding hydrogens is 190 g/mol. The summed E-state index contributed by atoms with van der Waals surface area (Å²) in [4.78, 5) is 17.7. The maximum Gasteiger partial charge on any atom is 0.244 e. The molecule has 15 heavy (non-hydrogen) atoms. The maximum absolute atomic E-state index is 11.8. The van der Waals surface area contributed by atoms with Gasteiger partial charge in [-0.05, 0) is 31.4 Å². The third kappa shape index (κ3) is 1.72. The van der Waals surface area contributed by atoms with E-state index in [0.29, 0.717) is 6.42 Å². The molecule has 2 rings (SSSR count). The minimum atomic E-state index is -0.399. The molecule has 0 saturated carbocycles. The summed E-state index contributed by atoms with van der Waals surface area (Å²) in [6.45, 7) is 1.92. The van der Waals surface area contributed by atoms with Gasteiger partial charge in [0.15, 0.2) is 0 Å². The van der Waals surface area contributed by atoms with Crippen molar-refractivity contribution >= 4 is 11.7 Å². The quantitative estimate of drug-likeness (QED) is 0.675. The summed E-state index contributed by atoms with van der Waals surface area (Å²) in [5, 5.41) is 0. The highest BCUT2D eigenvalue weighted by Gasteiger charge is 2.25. The Morgan fingerprint density at radius 2 is 2.27 bits per heavy atom. The molecule has 1 aliphatic heterocycles. The van der Waals surface area contributed by atoms with Crippen molar-refractivity contribution in [1.82, 2.24) is 4.98 Å². The van der Waals surface area contributed by atoms with Gasteiger partial charge in [-0.2, -0.15) is 0 Å². The van der Waals surface area contributed by atoms with E-state index in [1.165, 1.54) is 0 Å². The lowest BCUT2D eigenvalue weighted by molar-refractivity contribution is -0.119. The summed E-state index contributed by atoms with van der Waals surface area (Å²) >= 11 is 0. The lowest BCUT2D eigenvalue weighted by atomic mass is 10.1. The summed E-state index contributed by atoms with van der Waals surface area (Å²) in [6, 6.07) is 3.59. The van der Waals surface area contributed by atoms with Crippen LogP contribution in [0.3, 0.4) is 0 Å². The first-order valence-corrected chi connectivity index (χ1v) is 5.09. The number of likely N-dealkylation sites (N-methyl/N-ethyl adjacent to an activating group) is 1. The Hall–Kier alpha value is -1.42. The number of aryl methyl sites for hydroxylation is 2. The van der Waals surface area contributed by atoms with E-state index in [0.717, 1.165) is 23.5 Å². The maximum atomic E-state index is 11.8. The molecule has 0 saturated heterocycles. The number of pyridine rings is 1. The van der Waals surface area contributed by atoms with Gasteiger partial charge in [-0.3, -0.25) is 9.69 Å². The first-order valence-electron chi connectivity index (χ1n) is 5.09. The Kier molecular flexibility index (Phi) is 2.44. The number of hydrogen-bond acceptors (Lipinski definition) is 3. The Balaban J connectivity index is 2.48. The van der Waals surface area contributed by atoms with Crippen LogP contribution >= 0.6 is 0 Å². The van der Waals surface area contributed by atoms with E-state index in [4.69, 9.17) is 5.73 Å². The smallest absolute Gasteiger partial charge is 0.244 e. The van der Waals surface area contributed by atoms with Gasteiger partial charge in [0.05, 0.1) is 6.04 Å². The molecule has 0 spiro atoms.